The average molecular weight is 248 g/mol. The van der Waals surface area contributed by atoms with Gasteiger partial charge in [0, 0.05) is 16.2 Å². The molecule has 3 nitrogen and oxygen atoms in total. The molecule has 0 saturated carbocycles. The van der Waals surface area contributed by atoms with Crippen LogP contribution in [0.2, 0.25) is 0 Å². The number of aromatic nitrogens is 2. The van der Waals surface area contributed by atoms with Crippen molar-refractivity contribution >= 4 is 15.9 Å². The van der Waals surface area contributed by atoms with Crippen molar-refractivity contribution in [3.63, 3.8) is 0 Å². The summed E-state index contributed by atoms with van der Waals surface area (Å²) in [5.41, 5.74) is 2.19. The van der Waals surface area contributed by atoms with Crippen LogP contribution in [0.15, 0.2) is 34.9 Å². The SMILES string of the molecule is N#Cc1c[nH]nc1-c1ccc(Br)cc1. The fourth-order valence-corrected chi connectivity index (χ4v) is 1.47. The van der Waals surface area contributed by atoms with E-state index in [-0.39, 0.29) is 0 Å². The monoisotopic (exact) mass is 247 g/mol. The lowest BCUT2D eigenvalue weighted by Crippen LogP contribution is -1.80. The minimum atomic E-state index is 0.562. The number of nitrogens with one attached hydrogen (secondary N) is 1. The molecule has 2 rings (SSSR count). The molecule has 2 aromatic rings. The van der Waals surface area contributed by atoms with Gasteiger partial charge in [-0.05, 0) is 12.1 Å². The van der Waals surface area contributed by atoms with Crippen molar-refractivity contribution in [2.45, 2.75) is 0 Å². The quantitative estimate of drug-likeness (QED) is 0.843. The Kier molecular flexibility index (Phi) is 2.33. The minimum Gasteiger partial charge on any atom is -0.284 e. The number of halogens is 1. The summed E-state index contributed by atoms with van der Waals surface area (Å²) < 4.78 is 1.01. The molecular formula is C10H6BrN3. The van der Waals surface area contributed by atoms with Crippen molar-refractivity contribution in [3.05, 3.63) is 40.5 Å². The van der Waals surface area contributed by atoms with Gasteiger partial charge in [-0.1, -0.05) is 28.1 Å². The van der Waals surface area contributed by atoms with E-state index < -0.39 is 0 Å². The van der Waals surface area contributed by atoms with Gasteiger partial charge in [0.25, 0.3) is 0 Å². The van der Waals surface area contributed by atoms with Crippen LogP contribution in [-0.2, 0) is 0 Å². The van der Waals surface area contributed by atoms with Crippen LogP contribution in [0, 0.1) is 11.3 Å². The Bertz CT molecular complexity index is 479. The van der Waals surface area contributed by atoms with E-state index in [1.54, 1.807) is 6.20 Å². The Balaban J connectivity index is 2.50. The largest absolute Gasteiger partial charge is 0.284 e. The summed E-state index contributed by atoms with van der Waals surface area (Å²) in [6.45, 7) is 0. The lowest BCUT2D eigenvalue weighted by atomic mass is 10.1. The van der Waals surface area contributed by atoms with Gasteiger partial charge in [-0.15, -0.1) is 0 Å². The maximum absolute atomic E-state index is 8.80. The van der Waals surface area contributed by atoms with Crippen LogP contribution in [0.3, 0.4) is 0 Å². The molecule has 1 N–H and O–H groups in total. The third-order valence-electron chi connectivity index (χ3n) is 1.88. The highest BCUT2D eigenvalue weighted by molar-refractivity contribution is 9.10. The fourth-order valence-electron chi connectivity index (χ4n) is 1.20. The molecule has 0 aliphatic rings. The maximum Gasteiger partial charge on any atom is 0.110 e. The molecule has 0 spiro atoms. The summed E-state index contributed by atoms with van der Waals surface area (Å²) in [5.74, 6) is 0. The molecule has 0 saturated heterocycles. The van der Waals surface area contributed by atoms with Crippen molar-refractivity contribution in [3.8, 4) is 17.3 Å². The first-order valence-corrected chi connectivity index (χ1v) is 4.80. The number of benzene rings is 1. The number of nitriles is 1. The Hall–Kier alpha value is -1.60. The molecule has 0 atom stereocenters. The van der Waals surface area contributed by atoms with E-state index >= 15 is 0 Å². The van der Waals surface area contributed by atoms with Crippen molar-refractivity contribution in [2.24, 2.45) is 0 Å². The van der Waals surface area contributed by atoms with Crippen molar-refractivity contribution in [1.29, 1.82) is 5.26 Å². The number of nitrogens with zero attached hydrogens (tertiary/aromatic N) is 2. The highest BCUT2D eigenvalue weighted by atomic mass is 79.9. The summed E-state index contributed by atoms with van der Waals surface area (Å²) in [5, 5.41) is 15.5. The Labute approximate surface area is 89.5 Å². The van der Waals surface area contributed by atoms with Gasteiger partial charge >= 0.3 is 0 Å². The lowest BCUT2D eigenvalue weighted by Gasteiger charge is -1.96. The molecule has 0 aliphatic heterocycles. The van der Waals surface area contributed by atoms with Crippen molar-refractivity contribution < 1.29 is 0 Å². The summed E-state index contributed by atoms with van der Waals surface area (Å²) >= 11 is 3.35. The van der Waals surface area contributed by atoms with E-state index in [1.165, 1.54) is 0 Å². The summed E-state index contributed by atoms with van der Waals surface area (Å²) in [6.07, 6.45) is 1.59. The molecule has 14 heavy (non-hydrogen) atoms. The molecule has 0 unspecified atom stereocenters. The third kappa shape index (κ3) is 1.54. The Morgan fingerprint density at radius 1 is 1.29 bits per heavy atom. The van der Waals surface area contributed by atoms with Gasteiger partial charge in [-0.2, -0.15) is 10.4 Å². The zero-order valence-electron chi connectivity index (χ0n) is 7.16. The van der Waals surface area contributed by atoms with E-state index in [0.29, 0.717) is 11.3 Å². The Morgan fingerprint density at radius 2 is 2.00 bits per heavy atom. The summed E-state index contributed by atoms with van der Waals surface area (Å²) in [7, 11) is 0. The average Bonchev–Trinajstić information content (AvgIpc) is 2.67. The highest BCUT2D eigenvalue weighted by Gasteiger charge is 2.06. The molecule has 68 valence electrons. The molecule has 0 aliphatic carbocycles. The first-order chi connectivity index (χ1) is 6.81. The first kappa shape index (κ1) is 8.97. The van der Waals surface area contributed by atoms with Crippen LogP contribution >= 0.6 is 15.9 Å². The predicted molar refractivity (Wildman–Crippen MR) is 56.4 cm³/mol. The highest BCUT2D eigenvalue weighted by Crippen LogP contribution is 2.22. The number of hydrogen-bond acceptors (Lipinski definition) is 2. The molecule has 0 amide bonds. The molecule has 1 aromatic heterocycles. The molecule has 0 radical (unpaired) electrons. The van der Waals surface area contributed by atoms with Crippen LogP contribution in [0.1, 0.15) is 5.56 Å². The summed E-state index contributed by atoms with van der Waals surface area (Å²) in [6, 6.07) is 9.76. The number of aromatic amines is 1. The van der Waals surface area contributed by atoms with E-state index in [0.717, 1.165) is 10.0 Å². The predicted octanol–water partition coefficient (Wildman–Crippen LogP) is 2.71. The van der Waals surface area contributed by atoms with Crippen LogP contribution in [0.5, 0.6) is 0 Å². The van der Waals surface area contributed by atoms with Gasteiger partial charge in [0.1, 0.15) is 11.8 Å². The van der Waals surface area contributed by atoms with Gasteiger partial charge in [0.2, 0.25) is 0 Å². The fraction of sp³-hybridized carbons (Fsp3) is 0. The van der Waals surface area contributed by atoms with Gasteiger partial charge in [0.05, 0.1) is 5.56 Å². The first-order valence-electron chi connectivity index (χ1n) is 4.01. The number of rotatable bonds is 1. The Morgan fingerprint density at radius 3 is 2.64 bits per heavy atom. The normalized spacial score (nSPS) is 9.71. The van der Waals surface area contributed by atoms with Crippen LogP contribution in [0.4, 0.5) is 0 Å². The van der Waals surface area contributed by atoms with Gasteiger partial charge < -0.3 is 0 Å². The second-order valence-corrected chi connectivity index (χ2v) is 3.68. The third-order valence-corrected chi connectivity index (χ3v) is 2.41. The van der Waals surface area contributed by atoms with E-state index in [2.05, 4.69) is 32.2 Å². The molecule has 1 aromatic carbocycles. The smallest absolute Gasteiger partial charge is 0.110 e. The van der Waals surface area contributed by atoms with E-state index in [1.807, 2.05) is 24.3 Å². The van der Waals surface area contributed by atoms with Crippen molar-refractivity contribution in [2.75, 3.05) is 0 Å². The second kappa shape index (κ2) is 3.64. The molecule has 4 heteroatoms. The van der Waals surface area contributed by atoms with Crippen molar-refractivity contribution in [1.82, 2.24) is 10.2 Å². The van der Waals surface area contributed by atoms with Gasteiger partial charge in [-0.25, -0.2) is 0 Å². The van der Waals surface area contributed by atoms with E-state index in [4.69, 9.17) is 5.26 Å². The second-order valence-electron chi connectivity index (χ2n) is 2.77. The summed E-state index contributed by atoms with van der Waals surface area (Å²) in [4.78, 5) is 0. The molecule has 0 bridgehead atoms. The van der Waals surface area contributed by atoms with Crippen LogP contribution in [-0.4, -0.2) is 10.2 Å². The molecule has 0 fully saturated rings. The molecular weight excluding hydrogens is 242 g/mol. The molecule has 1 heterocycles. The number of H-pyrrole nitrogens is 1. The standard InChI is InChI=1S/C10H6BrN3/c11-9-3-1-7(2-4-9)10-8(5-12)6-13-14-10/h1-4,6H,(H,13,14). The zero-order valence-corrected chi connectivity index (χ0v) is 8.75. The minimum absolute atomic E-state index is 0.562. The zero-order chi connectivity index (χ0) is 9.97. The van der Waals surface area contributed by atoms with Crippen LogP contribution < -0.4 is 0 Å². The van der Waals surface area contributed by atoms with Crippen LogP contribution in [0.25, 0.3) is 11.3 Å². The van der Waals surface area contributed by atoms with Gasteiger partial charge in [0.15, 0.2) is 0 Å². The van der Waals surface area contributed by atoms with E-state index in [9.17, 15) is 0 Å². The topological polar surface area (TPSA) is 52.5 Å². The maximum atomic E-state index is 8.80. The lowest BCUT2D eigenvalue weighted by molar-refractivity contribution is 1.10. The number of hydrogen-bond donors (Lipinski definition) is 1. The van der Waals surface area contributed by atoms with Gasteiger partial charge in [-0.3, -0.25) is 5.10 Å².